The molecule has 11 N–H and O–H groups in total. The number of aliphatic hydroxyl groups excluding tert-OH is 2. The van der Waals surface area contributed by atoms with Crippen LogP contribution in [0, 0.1) is 5.41 Å². The number of carbonyl (C=O) groups is 4. The van der Waals surface area contributed by atoms with Crippen molar-refractivity contribution in [3.63, 3.8) is 0 Å². The molecule has 0 aromatic carbocycles. The van der Waals surface area contributed by atoms with Crippen molar-refractivity contribution in [1.29, 1.82) is 0 Å². The molecule has 0 spiro atoms. The summed E-state index contributed by atoms with van der Waals surface area (Å²) in [4.78, 5) is 98.3. The molecule has 0 saturated carbocycles. The van der Waals surface area contributed by atoms with Crippen LogP contribution in [-0.2, 0) is 55.5 Å². The summed E-state index contributed by atoms with van der Waals surface area (Å²) in [5, 5.41) is 34.9. The highest BCUT2D eigenvalue weighted by molar-refractivity contribution is 8.13. The third-order valence-corrected chi connectivity index (χ3v) is 12.5. The molecule has 7 atom stereocenters. The van der Waals surface area contributed by atoms with Gasteiger partial charge in [-0.3, -0.25) is 32.5 Å². The summed E-state index contributed by atoms with van der Waals surface area (Å²) in [6.07, 6.45) is 4.90. The minimum Gasteiger partial charge on any atom is -0.478 e. The summed E-state index contributed by atoms with van der Waals surface area (Å²) in [6.45, 7) is 0.396. The lowest BCUT2D eigenvalue weighted by Gasteiger charge is -2.30. The number of hydrogen-bond acceptors (Lipinski definition) is 19. The van der Waals surface area contributed by atoms with Crippen molar-refractivity contribution in [2.24, 2.45) is 5.41 Å². The van der Waals surface area contributed by atoms with Gasteiger partial charge >= 0.3 is 29.4 Å². The second-order valence-corrected chi connectivity index (χ2v) is 19.4. The molecular weight excluding hydrogens is 923 g/mol. The number of allylic oxidation sites excluding steroid dienone is 5. The number of phosphoric acid groups is 3. The van der Waals surface area contributed by atoms with Gasteiger partial charge in [0.2, 0.25) is 11.8 Å². The van der Waals surface area contributed by atoms with Crippen molar-refractivity contribution < 1.29 is 90.4 Å². The monoisotopic (exact) mass is 973 g/mol. The van der Waals surface area contributed by atoms with Gasteiger partial charge in [-0.25, -0.2) is 33.4 Å². The zero-order valence-corrected chi connectivity index (χ0v) is 37.2. The Bertz CT molecular complexity index is 2130. The minimum atomic E-state index is -5.59. The van der Waals surface area contributed by atoms with Crippen LogP contribution in [0.25, 0.3) is 11.2 Å². The number of thioether (sulfide) groups is 1. The van der Waals surface area contributed by atoms with Crippen LogP contribution in [0.2, 0.25) is 0 Å². The molecule has 26 nitrogen and oxygen atoms in total. The normalized spacial score (nSPS) is 20.9. The molecule has 3 heterocycles. The number of rotatable bonds is 27. The molecule has 7 unspecified atom stereocenters. The molecule has 1 saturated heterocycles. The van der Waals surface area contributed by atoms with Crippen molar-refractivity contribution >= 4 is 75.1 Å². The van der Waals surface area contributed by atoms with Crippen molar-refractivity contribution in [2.45, 2.75) is 76.6 Å². The van der Waals surface area contributed by atoms with Crippen LogP contribution in [0.15, 0.2) is 49.1 Å². The third kappa shape index (κ3) is 18.7. The number of anilines is 1. The first-order valence-electron chi connectivity index (χ1n) is 18.7. The fourth-order valence-electron chi connectivity index (χ4n) is 5.34. The number of carboxylic acids is 1. The van der Waals surface area contributed by atoms with Crippen molar-refractivity contribution in [2.75, 3.05) is 37.8 Å². The standard InChI is InChI=1S/C33H50N7O19P3S/c1-33(2,28(46)31(47)36-14-13-22(41)35-15-16-63-24(44)12-10-8-6-4-3-5-7-9-11-23(42)43)18-56-62(53,54)59-61(51,52)55-17-21-27(58-60(48,49)50)26(45)32(57-21)40-20-39-25-29(34)37-19-38-30(25)40/h3-5,7,9,11,19-21,26-28,32,45-46H,6,8,10,12-18H2,1-2H3,(H,35,41)(H,36,47)(H,42,43)(H,51,52)(H,53,54)(H2,34,37,38)(H2,48,49,50)/b4-3+,7-5+,11-9+. The summed E-state index contributed by atoms with van der Waals surface area (Å²) < 4.78 is 62.2. The number of unbranched alkanes of at least 4 members (excludes halogenated alkanes) is 2. The number of aliphatic carboxylic acids is 1. The molecule has 2 aromatic heterocycles. The van der Waals surface area contributed by atoms with E-state index < -0.39 is 90.5 Å². The number of hydrogen-bond donors (Lipinski definition) is 10. The van der Waals surface area contributed by atoms with Crippen LogP contribution < -0.4 is 16.4 Å². The van der Waals surface area contributed by atoms with Gasteiger partial charge in [-0.05, 0) is 19.3 Å². The van der Waals surface area contributed by atoms with Gasteiger partial charge in [-0.2, -0.15) is 4.31 Å². The quantitative estimate of drug-likeness (QED) is 0.0258. The Hall–Kier alpha value is -3.75. The minimum absolute atomic E-state index is 0.0230. The Morgan fingerprint density at radius 2 is 1.68 bits per heavy atom. The van der Waals surface area contributed by atoms with Gasteiger partial charge in [0.05, 0.1) is 19.5 Å². The predicted molar refractivity (Wildman–Crippen MR) is 221 cm³/mol. The zero-order chi connectivity index (χ0) is 47.0. The second-order valence-electron chi connectivity index (χ2n) is 14.0. The van der Waals surface area contributed by atoms with Gasteiger partial charge in [0.15, 0.2) is 22.8 Å². The highest BCUT2D eigenvalue weighted by atomic mass is 32.2. The number of carbonyl (C=O) groups excluding carboxylic acids is 3. The molecule has 30 heteroatoms. The Balaban J connectivity index is 1.38. The molecule has 3 rings (SSSR count). The molecule has 0 bridgehead atoms. The maximum Gasteiger partial charge on any atom is 0.481 e. The van der Waals surface area contributed by atoms with Crippen LogP contribution >= 0.6 is 35.2 Å². The number of nitrogens with two attached hydrogens (primary N) is 1. The lowest BCUT2D eigenvalue weighted by Crippen LogP contribution is -2.46. The van der Waals surface area contributed by atoms with E-state index in [0.717, 1.165) is 47.9 Å². The molecule has 2 amide bonds. The van der Waals surface area contributed by atoms with Crippen LogP contribution in [0.4, 0.5) is 5.82 Å². The highest BCUT2D eigenvalue weighted by Gasteiger charge is 2.50. The largest absolute Gasteiger partial charge is 0.481 e. The number of nitrogen functional groups attached to an aromatic ring is 1. The van der Waals surface area contributed by atoms with E-state index in [0.29, 0.717) is 18.6 Å². The number of carboxylic acid groups (broad SMARTS) is 1. The van der Waals surface area contributed by atoms with E-state index in [2.05, 4.69) is 34.4 Å². The number of aliphatic hydroxyl groups is 2. The number of imidazole rings is 1. The number of aromatic nitrogens is 4. The number of nitrogens with zero attached hydrogens (tertiary/aromatic N) is 4. The first kappa shape index (κ1) is 53.6. The summed E-state index contributed by atoms with van der Waals surface area (Å²) in [5.74, 6) is -2.22. The maximum absolute atomic E-state index is 12.7. The van der Waals surface area contributed by atoms with Crippen LogP contribution in [0.5, 0.6) is 0 Å². The molecular formula is C33H50N7O19P3S. The van der Waals surface area contributed by atoms with E-state index in [4.69, 9.17) is 24.6 Å². The molecule has 2 aromatic rings. The molecule has 1 fully saturated rings. The average Bonchev–Trinajstić information content (AvgIpc) is 3.75. The van der Waals surface area contributed by atoms with E-state index in [9.17, 15) is 62.7 Å². The number of fused-ring (bicyclic) bond motifs is 1. The summed E-state index contributed by atoms with van der Waals surface area (Å²) in [7, 11) is -16.4. The van der Waals surface area contributed by atoms with E-state index in [1.807, 2.05) is 6.08 Å². The first-order valence-corrected chi connectivity index (χ1v) is 24.2. The van der Waals surface area contributed by atoms with Gasteiger partial charge in [0, 0.05) is 43.2 Å². The summed E-state index contributed by atoms with van der Waals surface area (Å²) >= 11 is 1.07. The van der Waals surface area contributed by atoms with Gasteiger partial charge < -0.3 is 56.0 Å². The number of phosphoric ester groups is 3. The van der Waals surface area contributed by atoms with Gasteiger partial charge in [-0.1, -0.05) is 56.0 Å². The SMILES string of the molecule is CC(C)(COP(=O)(O)OP(=O)(O)OCC1OC(n2cnc3c(N)ncnc32)C(O)C1OP(=O)(O)O)C(O)C(=O)NCCC(=O)NCCSC(=O)CCCC/C=C/C=C/C=C/C(=O)O. The Morgan fingerprint density at radius 1 is 0.984 bits per heavy atom. The van der Waals surface area contributed by atoms with Crippen molar-refractivity contribution in [3.8, 4) is 0 Å². The fourth-order valence-corrected chi connectivity index (χ4v) is 8.89. The zero-order valence-electron chi connectivity index (χ0n) is 33.7. The molecule has 352 valence electrons. The number of amides is 2. The van der Waals surface area contributed by atoms with Crippen LogP contribution in [0.3, 0.4) is 0 Å². The lowest BCUT2D eigenvalue weighted by atomic mass is 9.87. The summed E-state index contributed by atoms with van der Waals surface area (Å²) in [5.41, 5.74) is 4.23. The molecule has 0 radical (unpaired) electrons. The van der Waals surface area contributed by atoms with Gasteiger partial charge in [-0.15, -0.1) is 0 Å². The Morgan fingerprint density at radius 3 is 2.38 bits per heavy atom. The molecule has 1 aliphatic rings. The van der Waals surface area contributed by atoms with Crippen molar-refractivity contribution in [1.82, 2.24) is 30.2 Å². The smallest absolute Gasteiger partial charge is 0.478 e. The van der Waals surface area contributed by atoms with Gasteiger partial charge in [0.25, 0.3) is 0 Å². The van der Waals surface area contributed by atoms with Crippen LogP contribution in [0.1, 0.15) is 52.2 Å². The van der Waals surface area contributed by atoms with Crippen LogP contribution in [-0.4, -0.2) is 134 Å². The summed E-state index contributed by atoms with van der Waals surface area (Å²) in [6, 6.07) is 0. The predicted octanol–water partition coefficient (Wildman–Crippen LogP) is 0.978. The third-order valence-electron chi connectivity index (χ3n) is 8.47. The second kappa shape index (κ2) is 24.5. The van der Waals surface area contributed by atoms with Crippen molar-refractivity contribution in [3.05, 3.63) is 49.1 Å². The molecule has 1 aliphatic heterocycles. The van der Waals surface area contributed by atoms with E-state index in [-0.39, 0.29) is 41.6 Å². The topological polar surface area (TPSA) is 401 Å². The molecule has 63 heavy (non-hydrogen) atoms. The van der Waals surface area contributed by atoms with Gasteiger partial charge in [0.1, 0.15) is 36.3 Å². The first-order chi connectivity index (χ1) is 29.4. The maximum atomic E-state index is 12.7. The number of nitrogens with one attached hydrogen (secondary N) is 2. The highest BCUT2D eigenvalue weighted by Crippen LogP contribution is 2.61. The lowest BCUT2D eigenvalue weighted by molar-refractivity contribution is -0.137. The van der Waals surface area contributed by atoms with E-state index in [1.54, 1.807) is 18.2 Å². The Labute approximate surface area is 363 Å². The Kier molecular flexibility index (Phi) is 20.9. The number of ether oxygens (including phenoxy) is 1. The molecule has 0 aliphatic carbocycles. The fraction of sp³-hybridized carbons (Fsp3) is 0.545. The van der Waals surface area contributed by atoms with E-state index in [1.165, 1.54) is 19.9 Å². The van der Waals surface area contributed by atoms with E-state index >= 15 is 0 Å². The average molecular weight is 974 g/mol.